The van der Waals surface area contributed by atoms with Gasteiger partial charge in [-0.15, -0.1) is 0 Å². The Labute approximate surface area is 158 Å². The summed E-state index contributed by atoms with van der Waals surface area (Å²) in [4.78, 5) is 0. The van der Waals surface area contributed by atoms with Crippen molar-refractivity contribution in [1.82, 2.24) is 0 Å². The fourth-order valence-corrected chi connectivity index (χ4v) is 3.35. The molecule has 0 radical (unpaired) electrons. The predicted octanol–water partition coefficient (Wildman–Crippen LogP) is 6.84. The van der Waals surface area contributed by atoms with Gasteiger partial charge in [-0.05, 0) is 35.7 Å². The van der Waals surface area contributed by atoms with E-state index in [0.717, 1.165) is 0 Å². The van der Waals surface area contributed by atoms with E-state index in [9.17, 15) is 30.7 Å². The number of hydrogen-bond donors (Lipinski definition) is 0. The minimum Gasteiger partial charge on any atom is -0.218 e. The van der Waals surface area contributed by atoms with Crippen molar-refractivity contribution in [3.63, 3.8) is 0 Å². The summed E-state index contributed by atoms with van der Waals surface area (Å²) in [5.74, 6) is 0. The Morgan fingerprint density at radius 3 is 1.85 bits per heavy atom. The summed E-state index contributed by atoms with van der Waals surface area (Å²) in [5.41, 5.74) is -7.51. The molecule has 0 aromatic heterocycles. The maximum atomic E-state index is 14.8. The second-order valence-corrected chi connectivity index (χ2v) is 6.55. The van der Waals surface area contributed by atoms with Gasteiger partial charge in [0.25, 0.3) is 0 Å². The van der Waals surface area contributed by atoms with Crippen LogP contribution in [0.5, 0.6) is 0 Å². The molecular formula is C18H11BrF7N. The Bertz CT molecular complexity index is 863. The van der Waals surface area contributed by atoms with Gasteiger partial charge in [-0.25, -0.2) is 4.39 Å². The van der Waals surface area contributed by atoms with Gasteiger partial charge in [0.15, 0.2) is 0 Å². The van der Waals surface area contributed by atoms with Crippen LogP contribution in [0.1, 0.15) is 23.6 Å². The molecule has 2 aromatic carbocycles. The topological polar surface area (TPSA) is 23.8 Å². The minimum absolute atomic E-state index is 0.0888. The zero-order valence-electron chi connectivity index (χ0n) is 13.6. The number of rotatable bonds is 3. The molecule has 0 heterocycles. The fourth-order valence-electron chi connectivity index (χ4n) is 2.61. The standard InChI is InChI=1S/C18H11BrF7N/c1-2-10-7-13(16(20,17(21,22)23)18(24,25)26)15(14(19)8-10)12-5-3-11(9-27)4-6-12/h3-8H,2H2,1H3. The average Bonchev–Trinajstić information content (AvgIpc) is 2.58. The summed E-state index contributed by atoms with van der Waals surface area (Å²) in [6.45, 7) is 1.52. The summed E-state index contributed by atoms with van der Waals surface area (Å²) in [6.07, 6.45) is -12.3. The van der Waals surface area contributed by atoms with Crippen molar-refractivity contribution in [1.29, 1.82) is 5.26 Å². The second kappa shape index (κ2) is 7.15. The van der Waals surface area contributed by atoms with Gasteiger partial charge in [0.1, 0.15) is 0 Å². The van der Waals surface area contributed by atoms with Crippen LogP contribution in [0.2, 0.25) is 0 Å². The third kappa shape index (κ3) is 3.68. The van der Waals surface area contributed by atoms with Crippen LogP contribution in [0.25, 0.3) is 11.1 Å². The van der Waals surface area contributed by atoms with Gasteiger partial charge < -0.3 is 0 Å². The van der Waals surface area contributed by atoms with E-state index in [1.54, 1.807) is 6.07 Å². The molecule has 0 aliphatic rings. The van der Waals surface area contributed by atoms with Crippen LogP contribution in [0, 0.1) is 11.3 Å². The molecule has 0 amide bonds. The molecule has 27 heavy (non-hydrogen) atoms. The molecule has 0 saturated heterocycles. The number of nitriles is 1. The van der Waals surface area contributed by atoms with Crippen molar-refractivity contribution in [2.75, 3.05) is 0 Å². The van der Waals surface area contributed by atoms with Gasteiger partial charge in [-0.1, -0.05) is 41.1 Å². The summed E-state index contributed by atoms with van der Waals surface area (Å²) in [6, 6.07) is 8.49. The number of aryl methyl sites for hydroxylation is 1. The Kier molecular flexibility index (Phi) is 5.62. The molecule has 0 N–H and O–H groups in total. The van der Waals surface area contributed by atoms with E-state index in [0.29, 0.717) is 6.07 Å². The largest absolute Gasteiger partial charge is 0.435 e. The van der Waals surface area contributed by atoms with Gasteiger partial charge in [0.2, 0.25) is 0 Å². The number of hydrogen-bond acceptors (Lipinski definition) is 1. The van der Waals surface area contributed by atoms with E-state index in [1.165, 1.54) is 37.3 Å². The van der Waals surface area contributed by atoms with Crippen molar-refractivity contribution >= 4 is 15.9 Å². The van der Waals surface area contributed by atoms with Crippen LogP contribution < -0.4 is 0 Å². The van der Waals surface area contributed by atoms with Crippen molar-refractivity contribution < 1.29 is 30.7 Å². The number of halogens is 8. The van der Waals surface area contributed by atoms with Gasteiger partial charge in [-0.2, -0.15) is 31.6 Å². The van der Waals surface area contributed by atoms with Gasteiger partial charge in [0, 0.05) is 15.6 Å². The first-order chi connectivity index (χ1) is 12.4. The highest BCUT2D eigenvalue weighted by Crippen LogP contribution is 2.56. The normalized spacial score (nSPS) is 12.7. The lowest BCUT2D eigenvalue weighted by molar-refractivity contribution is -0.348. The number of benzene rings is 2. The van der Waals surface area contributed by atoms with Gasteiger partial charge in [-0.3, -0.25) is 0 Å². The molecule has 144 valence electrons. The van der Waals surface area contributed by atoms with Crippen molar-refractivity contribution in [2.24, 2.45) is 0 Å². The van der Waals surface area contributed by atoms with E-state index < -0.39 is 29.1 Å². The third-order valence-electron chi connectivity index (χ3n) is 4.01. The van der Waals surface area contributed by atoms with E-state index in [2.05, 4.69) is 15.9 Å². The lowest BCUT2D eigenvalue weighted by atomic mass is 9.85. The Morgan fingerprint density at radius 1 is 0.926 bits per heavy atom. The second-order valence-electron chi connectivity index (χ2n) is 5.70. The molecule has 0 fully saturated rings. The van der Waals surface area contributed by atoms with Crippen LogP contribution in [0.3, 0.4) is 0 Å². The van der Waals surface area contributed by atoms with E-state index >= 15 is 0 Å². The maximum Gasteiger partial charge on any atom is 0.435 e. The van der Waals surface area contributed by atoms with Crippen molar-refractivity contribution in [3.8, 4) is 17.2 Å². The number of alkyl halides is 7. The average molecular weight is 454 g/mol. The van der Waals surface area contributed by atoms with Gasteiger partial charge >= 0.3 is 18.0 Å². The molecule has 1 nitrogen and oxygen atoms in total. The Balaban J connectivity index is 2.92. The Hall–Kier alpha value is -2.08. The third-order valence-corrected chi connectivity index (χ3v) is 4.64. The molecular weight excluding hydrogens is 443 g/mol. The predicted molar refractivity (Wildman–Crippen MR) is 88.6 cm³/mol. The van der Waals surface area contributed by atoms with E-state index in [-0.39, 0.29) is 27.6 Å². The summed E-state index contributed by atoms with van der Waals surface area (Å²) in [7, 11) is 0. The Morgan fingerprint density at radius 2 is 1.44 bits per heavy atom. The molecule has 0 spiro atoms. The van der Waals surface area contributed by atoms with Crippen LogP contribution in [0.4, 0.5) is 30.7 Å². The molecule has 9 heteroatoms. The molecule has 0 saturated carbocycles. The summed E-state index contributed by atoms with van der Waals surface area (Å²) < 4.78 is 94.6. The molecule has 0 aliphatic carbocycles. The molecule has 0 aliphatic heterocycles. The molecule has 0 atom stereocenters. The van der Waals surface area contributed by atoms with Crippen molar-refractivity contribution in [3.05, 3.63) is 57.6 Å². The number of nitrogens with zero attached hydrogens (tertiary/aromatic N) is 1. The van der Waals surface area contributed by atoms with Crippen LogP contribution in [0.15, 0.2) is 40.9 Å². The smallest absolute Gasteiger partial charge is 0.218 e. The quantitative estimate of drug-likeness (QED) is 0.466. The lowest BCUT2D eigenvalue weighted by Crippen LogP contribution is -2.50. The molecule has 2 aromatic rings. The van der Waals surface area contributed by atoms with Gasteiger partial charge in [0.05, 0.1) is 11.6 Å². The van der Waals surface area contributed by atoms with Crippen LogP contribution in [-0.4, -0.2) is 12.4 Å². The zero-order valence-corrected chi connectivity index (χ0v) is 15.2. The van der Waals surface area contributed by atoms with E-state index in [4.69, 9.17) is 5.26 Å². The first-order valence-corrected chi connectivity index (χ1v) is 8.32. The lowest BCUT2D eigenvalue weighted by Gasteiger charge is -2.32. The minimum atomic E-state index is -6.22. The molecule has 0 bridgehead atoms. The van der Waals surface area contributed by atoms with Crippen LogP contribution in [-0.2, 0) is 12.1 Å². The SMILES string of the molecule is CCc1cc(Br)c(-c2ccc(C#N)cc2)c(C(F)(C(F)(F)F)C(F)(F)F)c1. The molecule has 2 rings (SSSR count). The van der Waals surface area contributed by atoms with E-state index in [1.807, 2.05) is 0 Å². The first kappa shape index (κ1) is 21.2. The highest BCUT2D eigenvalue weighted by atomic mass is 79.9. The fraction of sp³-hybridized carbons (Fsp3) is 0.278. The summed E-state index contributed by atoms with van der Waals surface area (Å²) in [5, 5.41) is 8.80. The highest BCUT2D eigenvalue weighted by molar-refractivity contribution is 9.10. The molecule has 0 unspecified atom stereocenters. The van der Waals surface area contributed by atoms with Crippen molar-refractivity contribution in [2.45, 2.75) is 31.4 Å². The maximum absolute atomic E-state index is 14.8. The summed E-state index contributed by atoms with van der Waals surface area (Å²) >= 11 is 2.97. The first-order valence-electron chi connectivity index (χ1n) is 7.52. The monoisotopic (exact) mass is 453 g/mol. The zero-order chi connectivity index (χ0) is 20.6. The highest BCUT2D eigenvalue weighted by Gasteiger charge is 2.74. The van der Waals surface area contributed by atoms with Crippen LogP contribution >= 0.6 is 15.9 Å².